The van der Waals surface area contributed by atoms with Gasteiger partial charge in [-0.25, -0.2) is 15.0 Å². The van der Waals surface area contributed by atoms with Gasteiger partial charge in [0, 0.05) is 55.8 Å². The third-order valence-electron chi connectivity index (χ3n) is 8.11. The third-order valence-corrected chi connectivity index (χ3v) is 8.11. The Kier molecular flexibility index (Phi) is 4.83. The number of para-hydroxylation sites is 2. The summed E-state index contributed by atoms with van der Waals surface area (Å²) in [5.74, 6) is 0. The van der Waals surface area contributed by atoms with Crippen LogP contribution >= 0.6 is 0 Å². The molecule has 42 heavy (non-hydrogen) atoms. The minimum atomic E-state index is 0.881. The average Bonchev–Trinajstić information content (AvgIpc) is 3.06. The number of benzene rings is 4. The molecule has 5 heteroatoms. The summed E-state index contributed by atoms with van der Waals surface area (Å²) in [6, 6.07) is 39.5. The van der Waals surface area contributed by atoms with E-state index in [-0.39, 0.29) is 0 Å². The second-order valence-corrected chi connectivity index (χ2v) is 10.5. The fourth-order valence-corrected chi connectivity index (χ4v) is 6.25. The summed E-state index contributed by atoms with van der Waals surface area (Å²) < 4.78 is 0. The lowest BCUT2D eigenvalue weighted by molar-refractivity contribution is 1.33. The van der Waals surface area contributed by atoms with Crippen molar-refractivity contribution in [3.05, 3.63) is 128 Å². The maximum Gasteiger partial charge on any atom is 0.0979 e. The molecule has 5 nitrogen and oxygen atoms in total. The Balaban J connectivity index is 1.39. The van der Waals surface area contributed by atoms with Gasteiger partial charge in [-0.1, -0.05) is 78.9 Å². The van der Waals surface area contributed by atoms with Gasteiger partial charge in [0.25, 0.3) is 0 Å². The number of rotatable bonds is 2. The molecule has 0 unspecified atom stereocenters. The average molecular weight is 536 g/mol. The van der Waals surface area contributed by atoms with Gasteiger partial charge in [-0.15, -0.1) is 0 Å². The number of nitrogens with zero attached hydrogens (tertiary/aromatic N) is 5. The molecule has 0 spiro atoms. The van der Waals surface area contributed by atoms with E-state index in [0.29, 0.717) is 0 Å². The maximum atomic E-state index is 5.38. The van der Waals surface area contributed by atoms with Crippen LogP contribution in [0.4, 0.5) is 0 Å². The van der Waals surface area contributed by atoms with Crippen LogP contribution in [-0.4, -0.2) is 24.9 Å². The maximum absolute atomic E-state index is 5.38. The molecule has 0 aliphatic heterocycles. The fraction of sp³-hybridized carbons (Fsp3) is 0. The largest absolute Gasteiger partial charge is 0.254 e. The molecule has 5 aromatic heterocycles. The first-order valence-electron chi connectivity index (χ1n) is 13.9. The summed E-state index contributed by atoms with van der Waals surface area (Å²) in [5, 5.41) is 6.31. The van der Waals surface area contributed by atoms with E-state index < -0.39 is 0 Å². The molecule has 9 rings (SSSR count). The molecule has 0 atom stereocenters. The molecule has 9 aromatic rings. The van der Waals surface area contributed by atoms with Gasteiger partial charge < -0.3 is 0 Å². The third kappa shape index (κ3) is 3.34. The molecule has 0 saturated carbocycles. The van der Waals surface area contributed by atoms with Gasteiger partial charge >= 0.3 is 0 Å². The summed E-state index contributed by atoms with van der Waals surface area (Å²) in [4.78, 5) is 25.0. The highest BCUT2D eigenvalue weighted by atomic mass is 14.8. The zero-order valence-corrected chi connectivity index (χ0v) is 22.4. The minimum absolute atomic E-state index is 0.881. The van der Waals surface area contributed by atoms with Crippen molar-refractivity contribution >= 4 is 65.4 Å². The Hall–Kier alpha value is -5.81. The van der Waals surface area contributed by atoms with Gasteiger partial charge in [0.2, 0.25) is 0 Å². The Labute approximate surface area is 240 Å². The van der Waals surface area contributed by atoms with E-state index in [4.69, 9.17) is 24.9 Å². The van der Waals surface area contributed by atoms with Crippen LogP contribution in [0.25, 0.3) is 87.9 Å². The van der Waals surface area contributed by atoms with Crippen molar-refractivity contribution in [1.29, 1.82) is 0 Å². The second-order valence-electron chi connectivity index (χ2n) is 10.5. The summed E-state index contributed by atoms with van der Waals surface area (Å²) in [7, 11) is 0. The fourth-order valence-electron chi connectivity index (χ4n) is 6.25. The van der Waals surface area contributed by atoms with Crippen molar-refractivity contribution in [1.82, 2.24) is 24.9 Å². The number of hydrogen-bond donors (Lipinski definition) is 0. The van der Waals surface area contributed by atoms with E-state index in [9.17, 15) is 0 Å². The highest BCUT2D eigenvalue weighted by Crippen LogP contribution is 2.40. The summed E-state index contributed by atoms with van der Waals surface area (Å²) in [5.41, 5.74) is 9.27. The molecule has 0 aliphatic rings. The minimum Gasteiger partial charge on any atom is -0.254 e. The molecular weight excluding hydrogens is 514 g/mol. The van der Waals surface area contributed by atoms with Crippen LogP contribution in [0.5, 0.6) is 0 Å². The first kappa shape index (κ1) is 22.9. The predicted octanol–water partition coefficient (Wildman–Crippen LogP) is 8.91. The van der Waals surface area contributed by atoms with Crippen LogP contribution in [0, 0.1) is 0 Å². The van der Waals surface area contributed by atoms with E-state index in [1.54, 1.807) is 0 Å². The van der Waals surface area contributed by atoms with Crippen LogP contribution in [0.3, 0.4) is 0 Å². The normalized spacial score (nSPS) is 11.8. The van der Waals surface area contributed by atoms with Crippen LogP contribution in [-0.2, 0) is 0 Å². The van der Waals surface area contributed by atoms with Gasteiger partial charge in [0.05, 0.1) is 44.5 Å². The van der Waals surface area contributed by atoms with Crippen molar-refractivity contribution < 1.29 is 0 Å². The Morgan fingerprint density at radius 3 is 1.36 bits per heavy atom. The number of pyridine rings is 5. The summed E-state index contributed by atoms with van der Waals surface area (Å²) in [6.07, 6.45) is 3.66. The molecule has 194 valence electrons. The summed E-state index contributed by atoms with van der Waals surface area (Å²) >= 11 is 0. The lowest BCUT2D eigenvalue weighted by Crippen LogP contribution is -1.96. The zero-order valence-electron chi connectivity index (χ0n) is 22.4. The van der Waals surface area contributed by atoms with Gasteiger partial charge in [-0.3, -0.25) is 9.97 Å². The topological polar surface area (TPSA) is 64.5 Å². The molecule has 0 amide bonds. The Morgan fingerprint density at radius 1 is 0.333 bits per heavy atom. The molecule has 4 aromatic carbocycles. The number of hydrogen-bond acceptors (Lipinski definition) is 5. The van der Waals surface area contributed by atoms with Gasteiger partial charge in [0.15, 0.2) is 0 Å². The second kappa shape index (κ2) is 8.85. The first-order valence-corrected chi connectivity index (χ1v) is 13.9. The summed E-state index contributed by atoms with van der Waals surface area (Å²) in [6.45, 7) is 0. The molecule has 0 aliphatic carbocycles. The molecule has 5 heterocycles. The highest BCUT2D eigenvalue weighted by Gasteiger charge is 2.18. The molecule has 0 saturated heterocycles. The molecule has 0 N–H and O–H groups in total. The smallest absolute Gasteiger partial charge is 0.0979 e. The molecule has 0 bridgehead atoms. The highest BCUT2D eigenvalue weighted by molar-refractivity contribution is 6.17. The van der Waals surface area contributed by atoms with Crippen LogP contribution in [0.1, 0.15) is 0 Å². The van der Waals surface area contributed by atoms with E-state index in [1.165, 1.54) is 0 Å². The van der Waals surface area contributed by atoms with Gasteiger partial charge in [0.1, 0.15) is 0 Å². The standard InChI is InChI=1S/C37H21N5/c1-3-12-28-24(10-1)32(26-18-16-22-8-6-20-38-34(22)36(26)41-28)30-14-5-15-31(40-30)33-25-11-2-4-13-29(25)42-37-27(33)19-17-23-9-7-21-39-35(23)37/h1-21H. The van der Waals surface area contributed by atoms with Gasteiger partial charge in [-0.05, 0) is 36.4 Å². The van der Waals surface area contributed by atoms with Crippen molar-refractivity contribution in [3.8, 4) is 22.5 Å². The van der Waals surface area contributed by atoms with Crippen molar-refractivity contribution in [2.75, 3.05) is 0 Å². The van der Waals surface area contributed by atoms with Crippen molar-refractivity contribution in [2.24, 2.45) is 0 Å². The van der Waals surface area contributed by atoms with E-state index in [0.717, 1.165) is 87.9 Å². The Bertz CT molecular complexity index is 2360. The van der Waals surface area contributed by atoms with Crippen molar-refractivity contribution in [3.63, 3.8) is 0 Å². The Morgan fingerprint density at radius 2 is 0.833 bits per heavy atom. The van der Waals surface area contributed by atoms with Crippen LogP contribution in [0.2, 0.25) is 0 Å². The monoisotopic (exact) mass is 535 g/mol. The van der Waals surface area contributed by atoms with Crippen LogP contribution < -0.4 is 0 Å². The quantitative estimate of drug-likeness (QED) is 0.163. The molecular formula is C37H21N5. The van der Waals surface area contributed by atoms with Gasteiger partial charge in [-0.2, -0.15) is 0 Å². The lowest BCUT2D eigenvalue weighted by Gasteiger charge is -2.15. The van der Waals surface area contributed by atoms with E-state index in [1.807, 2.05) is 36.7 Å². The number of aromatic nitrogens is 5. The van der Waals surface area contributed by atoms with E-state index >= 15 is 0 Å². The van der Waals surface area contributed by atoms with Crippen molar-refractivity contribution in [2.45, 2.75) is 0 Å². The predicted molar refractivity (Wildman–Crippen MR) is 171 cm³/mol. The van der Waals surface area contributed by atoms with Crippen LogP contribution in [0.15, 0.2) is 128 Å². The molecule has 0 radical (unpaired) electrons. The SMILES string of the molecule is c1cc(-c2c3ccccc3nc3c2ccc2cccnc23)nc(-c2c3ccccc3nc3c2ccc2cccnc23)c1. The van der Waals surface area contributed by atoms with E-state index in [2.05, 4.69) is 91.0 Å². The molecule has 0 fully saturated rings. The first-order chi connectivity index (χ1) is 20.8. The lowest BCUT2D eigenvalue weighted by atomic mass is 9.96. The number of fused-ring (bicyclic) bond motifs is 8. The zero-order chi connectivity index (χ0) is 27.6.